The zero-order chi connectivity index (χ0) is 24.0. The van der Waals surface area contributed by atoms with E-state index in [0.717, 1.165) is 66.0 Å². The molecule has 0 bridgehead atoms. The van der Waals surface area contributed by atoms with E-state index in [0.29, 0.717) is 32.8 Å². The van der Waals surface area contributed by atoms with Crippen molar-refractivity contribution in [3.05, 3.63) is 41.7 Å². The third-order valence-electron chi connectivity index (χ3n) is 7.71. The average Bonchev–Trinajstić information content (AvgIpc) is 3.50. The first kappa shape index (κ1) is 22.4. The first-order valence-corrected chi connectivity index (χ1v) is 12.6. The van der Waals surface area contributed by atoms with Gasteiger partial charge in [-0.1, -0.05) is 18.2 Å². The number of piperidine rings is 2. The number of amides is 1. The van der Waals surface area contributed by atoms with E-state index in [1.807, 2.05) is 34.7 Å². The van der Waals surface area contributed by atoms with Crippen LogP contribution in [-0.2, 0) is 14.3 Å². The standard InChI is InChI=1S/C26H32N6O3/c1-18-22-19(2)32(21-8-4-3-5-9-21)29-23(22)24(28-27-18)31-12-6-7-20(17-31)25(33)30-13-10-26(11-14-30)34-15-16-35-26/h3-5,8-9,20H,6-7,10-17H2,1-2H3/t20-/m1/s1. The molecule has 35 heavy (non-hydrogen) atoms. The van der Waals surface area contributed by atoms with Gasteiger partial charge in [-0.15, -0.1) is 5.10 Å². The summed E-state index contributed by atoms with van der Waals surface area (Å²) in [6.45, 7) is 8.20. The van der Waals surface area contributed by atoms with Crippen LogP contribution in [0.1, 0.15) is 37.1 Å². The first-order valence-electron chi connectivity index (χ1n) is 12.6. The van der Waals surface area contributed by atoms with Gasteiger partial charge in [-0.3, -0.25) is 4.79 Å². The molecule has 3 saturated heterocycles. The Kier molecular flexibility index (Phi) is 5.69. The summed E-state index contributed by atoms with van der Waals surface area (Å²) >= 11 is 0. The predicted octanol–water partition coefficient (Wildman–Crippen LogP) is 3.01. The van der Waals surface area contributed by atoms with Gasteiger partial charge >= 0.3 is 0 Å². The smallest absolute Gasteiger partial charge is 0.227 e. The summed E-state index contributed by atoms with van der Waals surface area (Å²) in [5.74, 6) is 0.475. The molecule has 2 aromatic heterocycles. The molecule has 184 valence electrons. The molecule has 1 aromatic carbocycles. The number of likely N-dealkylation sites (tertiary alicyclic amines) is 1. The highest BCUT2D eigenvalue weighted by atomic mass is 16.7. The van der Waals surface area contributed by atoms with E-state index in [4.69, 9.17) is 14.6 Å². The first-order chi connectivity index (χ1) is 17.0. The minimum atomic E-state index is -0.464. The van der Waals surface area contributed by atoms with E-state index in [1.165, 1.54) is 0 Å². The Labute approximate surface area is 205 Å². The highest BCUT2D eigenvalue weighted by Gasteiger charge is 2.42. The predicted molar refractivity (Wildman–Crippen MR) is 132 cm³/mol. The molecule has 3 aliphatic rings. The highest BCUT2D eigenvalue weighted by molar-refractivity contribution is 5.92. The lowest BCUT2D eigenvalue weighted by molar-refractivity contribution is -0.188. The van der Waals surface area contributed by atoms with Crippen molar-refractivity contribution in [2.24, 2.45) is 5.92 Å². The van der Waals surface area contributed by atoms with Crippen LogP contribution in [0.15, 0.2) is 30.3 Å². The summed E-state index contributed by atoms with van der Waals surface area (Å²) in [5.41, 5.74) is 3.77. The lowest BCUT2D eigenvalue weighted by Crippen LogP contribution is -2.51. The zero-order valence-electron chi connectivity index (χ0n) is 20.4. The number of fused-ring (bicyclic) bond motifs is 1. The van der Waals surface area contributed by atoms with Gasteiger partial charge in [0, 0.05) is 39.0 Å². The number of nitrogens with zero attached hydrogens (tertiary/aromatic N) is 6. The molecule has 9 heteroatoms. The number of carbonyl (C=O) groups excluding carboxylic acids is 1. The fourth-order valence-electron chi connectivity index (χ4n) is 5.83. The number of ether oxygens (including phenoxy) is 2. The van der Waals surface area contributed by atoms with Crippen LogP contribution in [0.25, 0.3) is 16.6 Å². The Morgan fingerprint density at radius 2 is 1.77 bits per heavy atom. The van der Waals surface area contributed by atoms with Gasteiger partial charge in [0.05, 0.1) is 41.6 Å². The SMILES string of the molecule is Cc1nnc(N2CCC[C@@H](C(=O)N3CCC4(CC3)OCCO4)C2)c2nn(-c3ccccc3)c(C)c12. The van der Waals surface area contributed by atoms with Crippen LogP contribution in [-0.4, -0.2) is 76.0 Å². The monoisotopic (exact) mass is 476 g/mol. The van der Waals surface area contributed by atoms with Crippen LogP contribution >= 0.6 is 0 Å². The van der Waals surface area contributed by atoms with Gasteiger partial charge in [0.1, 0.15) is 5.52 Å². The summed E-state index contributed by atoms with van der Waals surface area (Å²) in [7, 11) is 0. The second-order valence-electron chi connectivity index (χ2n) is 9.88. The molecule has 0 aliphatic carbocycles. The Hall–Kier alpha value is -3.04. The molecule has 0 saturated carbocycles. The van der Waals surface area contributed by atoms with Gasteiger partial charge in [-0.05, 0) is 38.8 Å². The van der Waals surface area contributed by atoms with Gasteiger partial charge in [0.2, 0.25) is 5.91 Å². The van der Waals surface area contributed by atoms with Crippen molar-refractivity contribution in [2.45, 2.75) is 45.3 Å². The molecule has 0 radical (unpaired) electrons. The average molecular weight is 477 g/mol. The lowest BCUT2D eigenvalue weighted by atomic mass is 9.94. The fraction of sp³-hybridized carbons (Fsp3) is 0.538. The van der Waals surface area contributed by atoms with Crippen molar-refractivity contribution >= 4 is 22.6 Å². The van der Waals surface area contributed by atoms with Crippen molar-refractivity contribution in [3.8, 4) is 5.69 Å². The van der Waals surface area contributed by atoms with E-state index < -0.39 is 5.79 Å². The molecule has 0 unspecified atom stereocenters. The molecule has 1 atom stereocenters. The third-order valence-corrected chi connectivity index (χ3v) is 7.71. The third kappa shape index (κ3) is 3.96. The van der Waals surface area contributed by atoms with Crippen LogP contribution in [0, 0.1) is 19.8 Å². The van der Waals surface area contributed by atoms with Crippen LogP contribution in [0.5, 0.6) is 0 Å². The van der Waals surface area contributed by atoms with Gasteiger partial charge in [-0.25, -0.2) is 4.68 Å². The van der Waals surface area contributed by atoms with Crippen molar-refractivity contribution in [1.82, 2.24) is 24.9 Å². The normalized spacial score (nSPS) is 22.3. The molecular weight excluding hydrogens is 444 g/mol. The summed E-state index contributed by atoms with van der Waals surface area (Å²) in [4.78, 5) is 17.7. The van der Waals surface area contributed by atoms with Crippen molar-refractivity contribution in [3.63, 3.8) is 0 Å². The molecule has 5 heterocycles. The number of para-hydroxylation sites is 1. The van der Waals surface area contributed by atoms with Crippen LogP contribution in [0.3, 0.4) is 0 Å². The zero-order valence-corrected chi connectivity index (χ0v) is 20.4. The Balaban J connectivity index is 1.24. The maximum absolute atomic E-state index is 13.5. The van der Waals surface area contributed by atoms with E-state index in [1.54, 1.807) is 0 Å². The topological polar surface area (TPSA) is 85.6 Å². The number of aryl methyl sites for hydroxylation is 2. The second kappa shape index (κ2) is 8.87. The number of aromatic nitrogens is 4. The minimum Gasteiger partial charge on any atom is -0.352 e. The van der Waals surface area contributed by atoms with E-state index in [9.17, 15) is 4.79 Å². The van der Waals surface area contributed by atoms with Crippen molar-refractivity contribution in [2.75, 3.05) is 44.3 Å². The summed E-state index contributed by atoms with van der Waals surface area (Å²) < 4.78 is 13.6. The molecule has 3 fully saturated rings. The maximum Gasteiger partial charge on any atom is 0.227 e. The van der Waals surface area contributed by atoms with Gasteiger partial charge in [0.15, 0.2) is 11.6 Å². The summed E-state index contributed by atoms with van der Waals surface area (Å²) in [6, 6.07) is 10.1. The highest BCUT2D eigenvalue weighted by Crippen LogP contribution is 2.34. The Morgan fingerprint density at radius 3 is 2.51 bits per heavy atom. The quantitative estimate of drug-likeness (QED) is 0.574. The molecule has 0 N–H and O–H groups in total. The molecule has 6 rings (SSSR count). The van der Waals surface area contributed by atoms with Gasteiger partial charge in [0.25, 0.3) is 0 Å². The lowest BCUT2D eigenvalue weighted by Gasteiger charge is -2.40. The van der Waals surface area contributed by atoms with E-state index in [2.05, 4.69) is 34.2 Å². The fourth-order valence-corrected chi connectivity index (χ4v) is 5.83. The summed E-state index contributed by atoms with van der Waals surface area (Å²) in [5, 5.41) is 15.1. The molecule has 3 aromatic rings. The molecular formula is C26H32N6O3. The van der Waals surface area contributed by atoms with Crippen LogP contribution in [0.2, 0.25) is 0 Å². The Morgan fingerprint density at radius 1 is 1.03 bits per heavy atom. The van der Waals surface area contributed by atoms with Crippen molar-refractivity contribution in [1.29, 1.82) is 0 Å². The number of hydrogen-bond donors (Lipinski definition) is 0. The minimum absolute atomic E-state index is 0.0568. The number of carbonyl (C=O) groups is 1. The van der Waals surface area contributed by atoms with Crippen molar-refractivity contribution < 1.29 is 14.3 Å². The Bertz CT molecular complexity index is 1230. The second-order valence-corrected chi connectivity index (χ2v) is 9.88. The van der Waals surface area contributed by atoms with Gasteiger partial charge in [-0.2, -0.15) is 10.2 Å². The number of anilines is 1. The number of hydrogen-bond acceptors (Lipinski definition) is 7. The molecule has 9 nitrogen and oxygen atoms in total. The largest absolute Gasteiger partial charge is 0.352 e. The number of benzene rings is 1. The number of rotatable bonds is 3. The van der Waals surface area contributed by atoms with E-state index in [-0.39, 0.29) is 11.8 Å². The van der Waals surface area contributed by atoms with Gasteiger partial charge < -0.3 is 19.3 Å². The van der Waals surface area contributed by atoms with Crippen LogP contribution < -0.4 is 4.90 Å². The molecule has 1 amide bonds. The summed E-state index contributed by atoms with van der Waals surface area (Å²) in [6.07, 6.45) is 3.32. The van der Waals surface area contributed by atoms with Crippen LogP contribution in [0.4, 0.5) is 5.82 Å². The molecule has 1 spiro atoms. The van der Waals surface area contributed by atoms with E-state index >= 15 is 0 Å². The molecule has 3 aliphatic heterocycles. The maximum atomic E-state index is 13.5.